The summed E-state index contributed by atoms with van der Waals surface area (Å²) in [6.45, 7) is -1.06. The lowest BCUT2D eigenvalue weighted by Crippen LogP contribution is -2.20. The molecule has 2 aromatic rings. The molecule has 0 spiro atoms. The minimum atomic E-state index is -2.95. The molecule has 6 nitrogen and oxygen atoms in total. The summed E-state index contributed by atoms with van der Waals surface area (Å²) in [5, 5.41) is 6.65. The van der Waals surface area contributed by atoms with E-state index in [1.165, 1.54) is 25.3 Å². The molecule has 0 saturated carbocycles. The molecule has 0 saturated heterocycles. The Kier molecular flexibility index (Phi) is 4.92. The number of alkyl halides is 2. The number of nitrogens with one attached hydrogen (secondary N) is 1. The summed E-state index contributed by atoms with van der Waals surface area (Å²) < 4.78 is 35.3. The highest BCUT2D eigenvalue weighted by atomic mass is 19.3. The molecule has 0 aliphatic rings. The minimum Gasteiger partial charge on any atom is -0.493 e. The number of aryl methyl sites for hydroxylation is 1. The van der Waals surface area contributed by atoms with Gasteiger partial charge < -0.3 is 14.8 Å². The number of carbonyl (C=O) groups excluding carboxylic acids is 1. The summed E-state index contributed by atoms with van der Waals surface area (Å²) in [5.74, 6) is -0.289. The molecule has 1 amide bonds. The predicted molar refractivity (Wildman–Crippen MR) is 75.2 cm³/mol. The van der Waals surface area contributed by atoms with Crippen LogP contribution in [0.4, 0.5) is 14.5 Å². The first kappa shape index (κ1) is 15.7. The molecule has 1 aromatic heterocycles. The summed E-state index contributed by atoms with van der Waals surface area (Å²) >= 11 is 0. The monoisotopic (exact) mass is 311 g/mol. The van der Waals surface area contributed by atoms with Gasteiger partial charge >= 0.3 is 6.61 Å². The van der Waals surface area contributed by atoms with Crippen molar-refractivity contribution in [1.29, 1.82) is 0 Å². The largest absolute Gasteiger partial charge is 0.493 e. The molecule has 8 heteroatoms. The lowest BCUT2D eigenvalue weighted by atomic mass is 10.2. The van der Waals surface area contributed by atoms with Crippen LogP contribution in [-0.4, -0.2) is 29.4 Å². The number of hydrogen-bond acceptors (Lipinski definition) is 4. The van der Waals surface area contributed by atoms with E-state index in [-0.39, 0.29) is 24.0 Å². The molecular weight excluding hydrogens is 296 g/mol. The van der Waals surface area contributed by atoms with Crippen LogP contribution < -0.4 is 14.8 Å². The maximum absolute atomic E-state index is 12.2. The van der Waals surface area contributed by atoms with Gasteiger partial charge in [0.25, 0.3) is 0 Å². The zero-order chi connectivity index (χ0) is 16.1. The highest BCUT2D eigenvalue weighted by molar-refractivity contribution is 5.90. The number of anilines is 1. The smallest absolute Gasteiger partial charge is 0.387 e. The van der Waals surface area contributed by atoms with Crippen LogP contribution in [0.5, 0.6) is 11.5 Å². The normalized spacial score (nSPS) is 10.6. The van der Waals surface area contributed by atoms with Crippen LogP contribution in [0.15, 0.2) is 30.5 Å². The van der Waals surface area contributed by atoms with E-state index in [1.807, 2.05) is 6.92 Å². The fraction of sp³-hybridized carbons (Fsp3) is 0.286. The van der Waals surface area contributed by atoms with Crippen molar-refractivity contribution in [2.24, 2.45) is 0 Å². The van der Waals surface area contributed by atoms with Crippen LogP contribution in [-0.2, 0) is 11.3 Å². The van der Waals surface area contributed by atoms with Gasteiger partial charge in [0.05, 0.1) is 7.11 Å². The summed E-state index contributed by atoms with van der Waals surface area (Å²) in [4.78, 5) is 11.9. The molecule has 0 unspecified atom stereocenters. The van der Waals surface area contributed by atoms with Crippen molar-refractivity contribution < 1.29 is 23.0 Å². The van der Waals surface area contributed by atoms with Gasteiger partial charge in [-0.3, -0.25) is 9.48 Å². The van der Waals surface area contributed by atoms with Crippen molar-refractivity contribution in [3.63, 3.8) is 0 Å². The zero-order valence-corrected chi connectivity index (χ0v) is 12.0. The van der Waals surface area contributed by atoms with Crippen molar-refractivity contribution in [1.82, 2.24) is 9.78 Å². The van der Waals surface area contributed by atoms with Crippen LogP contribution >= 0.6 is 0 Å². The second-order valence-electron chi connectivity index (χ2n) is 4.42. The van der Waals surface area contributed by atoms with Gasteiger partial charge in [0.2, 0.25) is 5.91 Å². The SMILES string of the molecule is COc1cc(NC(=O)Cn2nccc2C)ccc1OC(F)F. The third-order valence-corrected chi connectivity index (χ3v) is 2.89. The van der Waals surface area contributed by atoms with E-state index in [0.29, 0.717) is 5.69 Å². The molecule has 0 fully saturated rings. The molecule has 0 bridgehead atoms. The minimum absolute atomic E-state index is 0.0520. The van der Waals surface area contributed by atoms with Crippen LogP contribution in [0.3, 0.4) is 0 Å². The van der Waals surface area contributed by atoms with Crippen LogP contribution in [0.1, 0.15) is 5.69 Å². The Bertz CT molecular complexity index is 659. The van der Waals surface area contributed by atoms with Crippen molar-refractivity contribution in [3.05, 3.63) is 36.2 Å². The number of amides is 1. The maximum atomic E-state index is 12.2. The van der Waals surface area contributed by atoms with Gasteiger partial charge in [0.1, 0.15) is 6.54 Å². The van der Waals surface area contributed by atoms with Gasteiger partial charge in [-0.2, -0.15) is 13.9 Å². The first-order valence-corrected chi connectivity index (χ1v) is 6.40. The number of methoxy groups -OCH3 is 1. The van der Waals surface area contributed by atoms with Gasteiger partial charge in [0, 0.05) is 23.6 Å². The van der Waals surface area contributed by atoms with E-state index in [0.717, 1.165) is 5.69 Å². The number of carbonyl (C=O) groups is 1. The molecule has 0 aliphatic heterocycles. The molecule has 1 heterocycles. The molecule has 1 aromatic carbocycles. The number of hydrogen-bond donors (Lipinski definition) is 1. The highest BCUT2D eigenvalue weighted by Gasteiger charge is 2.12. The average Bonchev–Trinajstić information content (AvgIpc) is 2.85. The lowest BCUT2D eigenvalue weighted by Gasteiger charge is -2.12. The fourth-order valence-corrected chi connectivity index (χ4v) is 1.84. The predicted octanol–water partition coefficient (Wildman–Crippen LogP) is 2.44. The molecular formula is C14H15F2N3O3. The van der Waals surface area contributed by atoms with Gasteiger partial charge in [-0.15, -0.1) is 0 Å². The van der Waals surface area contributed by atoms with Crippen LogP contribution in [0.2, 0.25) is 0 Å². The van der Waals surface area contributed by atoms with E-state index in [1.54, 1.807) is 16.9 Å². The highest BCUT2D eigenvalue weighted by Crippen LogP contribution is 2.31. The number of rotatable bonds is 6. The van der Waals surface area contributed by atoms with E-state index in [4.69, 9.17) is 4.74 Å². The van der Waals surface area contributed by atoms with Crippen LogP contribution in [0.25, 0.3) is 0 Å². The number of ether oxygens (including phenoxy) is 2. The third kappa shape index (κ3) is 3.94. The Morgan fingerprint density at radius 3 is 2.73 bits per heavy atom. The van der Waals surface area contributed by atoms with Crippen molar-refractivity contribution >= 4 is 11.6 Å². The van der Waals surface area contributed by atoms with E-state index in [9.17, 15) is 13.6 Å². The van der Waals surface area contributed by atoms with Crippen molar-refractivity contribution in [3.8, 4) is 11.5 Å². The number of nitrogens with zero attached hydrogens (tertiary/aromatic N) is 2. The van der Waals surface area contributed by atoms with E-state index < -0.39 is 6.61 Å². The Morgan fingerprint density at radius 2 is 2.14 bits per heavy atom. The summed E-state index contributed by atoms with van der Waals surface area (Å²) in [6, 6.07) is 5.95. The number of benzene rings is 1. The number of halogens is 2. The van der Waals surface area contributed by atoms with E-state index in [2.05, 4.69) is 15.2 Å². The summed E-state index contributed by atoms with van der Waals surface area (Å²) in [6.07, 6.45) is 1.60. The third-order valence-electron chi connectivity index (χ3n) is 2.89. The second-order valence-corrected chi connectivity index (χ2v) is 4.42. The standard InChI is InChI=1S/C14H15F2N3O3/c1-9-5-6-17-19(9)8-13(20)18-10-3-4-11(22-14(15)16)12(7-10)21-2/h3-7,14H,8H2,1-2H3,(H,18,20). The molecule has 0 atom stereocenters. The van der Waals surface area contributed by atoms with Crippen LogP contribution in [0, 0.1) is 6.92 Å². The molecule has 2 rings (SSSR count). The molecule has 0 aliphatic carbocycles. The maximum Gasteiger partial charge on any atom is 0.387 e. The topological polar surface area (TPSA) is 65.4 Å². The first-order chi connectivity index (χ1) is 10.5. The van der Waals surface area contributed by atoms with E-state index >= 15 is 0 Å². The van der Waals surface area contributed by atoms with Gasteiger partial charge in [-0.1, -0.05) is 0 Å². The summed E-state index contributed by atoms with van der Waals surface area (Å²) in [5.41, 5.74) is 1.27. The number of aromatic nitrogens is 2. The van der Waals surface area contributed by atoms with Gasteiger partial charge in [0.15, 0.2) is 11.5 Å². The second kappa shape index (κ2) is 6.88. The molecule has 22 heavy (non-hydrogen) atoms. The summed E-state index contributed by atoms with van der Waals surface area (Å²) in [7, 11) is 1.33. The molecule has 0 radical (unpaired) electrons. The first-order valence-electron chi connectivity index (χ1n) is 6.40. The Hall–Kier alpha value is -2.64. The Balaban J connectivity index is 2.06. The van der Waals surface area contributed by atoms with Gasteiger partial charge in [-0.25, -0.2) is 0 Å². The molecule has 118 valence electrons. The molecule has 1 N–H and O–H groups in total. The van der Waals surface area contributed by atoms with Crippen molar-refractivity contribution in [2.45, 2.75) is 20.1 Å². The van der Waals surface area contributed by atoms with Crippen molar-refractivity contribution in [2.75, 3.05) is 12.4 Å². The quantitative estimate of drug-likeness (QED) is 0.890. The van der Waals surface area contributed by atoms with Gasteiger partial charge in [-0.05, 0) is 25.1 Å². The zero-order valence-electron chi connectivity index (χ0n) is 12.0. The fourth-order valence-electron chi connectivity index (χ4n) is 1.84. The Labute approximate surface area is 125 Å². The Morgan fingerprint density at radius 1 is 1.36 bits per heavy atom. The lowest BCUT2D eigenvalue weighted by molar-refractivity contribution is -0.116. The average molecular weight is 311 g/mol.